The maximum atomic E-state index is 12.4. The van der Waals surface area contributed by atoms with Gasteiger partial charge in [0.2, 0.25) is 5.88 Å². The monoisotopic (exact) mass is 555 g/mol. The van der Waals surface area contributed by atoms with Gasteiger partial charge in [0.1, 0.15) is 11.8 Å². The van der Waals surface area contributed by atoms with Crippen LogP contribution in [0.2, 0.25) is 10.0 Å². The van der Waals surface area contributed by atoms with Gasteiger partial charge < -0.3 is 4.74 Å². The highest BCUT2D eigenvalue weighted by atomic mass is 35.5. The number of nitrogens with zero attached hydrogens (tertiary/aromatic N) is 3. The first kappa shape index (κ1) is 25.0. The van der Waals surface area contributed by atoms with Crippen molar-refractivity contribution >= 4 is 41.4 Å². The van der Waals surface area contributed by atoms with Crippen molar-refractivity contribution in [1.29, 1.82) is 0 Å². The van der Waals surface area contributed by atoms with Crippen molar-refractivity contribution in [2.75, 3.05) is 0 Å². The molecule has 39 heavy (non-hydrogen) atoms. The van der Waals surface area contributed by atoms with Gasteiger partial charge in [0.05, 0.1) is 26.9 Å². The lowest BCUT2D eigenvalue weighted by molar-refractivity contribution is 0.111. The summed E-state index contributed by atoms with van der Waals surface area (Å²) in [6, 6.07) is 18.1. The Morgan fingerprint density at radius 1 is 0.846 bits per heavy atom. The van der Waals surface area contributed by atoms with Crippen LogP contribution in [0.25, 0.3) is 39.2 Å². The fraction of sp³-hybridized carbons (Fsp3) is 0.100. The molecule has 0 radical (unpaired) electrons. The Balaban J connectivity index is 1.42. The van der Waals surface area contributed by atoms with Crippen molar-refractivity contribution < 1.29 is 14.3 Å². The minimum absolute atomic E-state index is 0.0173. The Kier molecular flexibility index (Phi) is 6.46. The van der Waals surface area contributed by atoms with Crippen LogP contribution in [0.4, 0.5) is 0 Å². The molecule has 0 atom stereocenters. The SMILES string of the molecule is O=Cc1ccc(-c2cccc(-c3cccc(-c4ccn5c(=O)c(C=O)cnc5c4)c3Cl)c2Cl)nc1OC1CC1. The third-order valence-electron chi connectivity index (χ3n) is 6.56. The number of hydrogen-bond donors (Lipinski definition) is 0. The molecule has 1 fully saturated rings. The first-order valence-electron chi connectivity index (χ1n) is 12.2. The molecule has 9 heteroatoms. The van der Waals surface area contributed by atoms with E-state index in [2.05, 4.69) is 9.97 Å². The number of hydrogen-bond acceptors (Lipinski definition) is 6. The number of fused-ring (bicyclic) bond motifs is 1. The highest BCUT2D eigenvalue weighted by Crippen LogP contribution is 2.42. The molecule has 6 rings (SSSR count). The molecule has 0 N–H and O–H groups in total. The van der Waals surface area contributed by atoms with E-state index in [0.29, 0.717) is 55.8 Å². The molecule has 0 amide bonds. The molecule has 3 aromatic heterocycles. The summed E-state index contributed by atoms with van der Waals surface area (Å²) in [4.78, 5) is 43.9. The number of benzene rings is 2. The summed E-state index contributed by atoms with van der Waals surface area (Å²) in [6.45, 7) is 0. The zero-order valence-corrected chi connectivity index (χ0v) is 21.8. The van der Waals surface area contributed by atoms with Crippen molar-refractivity contribution in [1.82, 2.24) is 14.4 Å². The number of carbonyl (C=O) groups excluding carboxylic acids is 2. The van der Waals surface area contributed by atoms with Crippen LogP contribution >= 0.6 is 23.2 Å². The van der Waals surface area contributed by atoms with Crippen LogP contribution in [-0.4, -0.2) is 33.0 Å². The van der Waals surface area contributed by atoms with Crippen LogP contribution < -0.4 is 10.3 Å². The number of carbonyl (C=O) groups is 2. The molecular formula is C30H19Cl2N3O4. The largest absolute Gasteiger partial charge is 0.474 e. The average molecular weight is 556 g/mol. The van der Waals surface area contributed by atoms with Gasteiger partial charge in [0, 0.05) is 34.6 Å². The normalized spacial score (nSPS) is 12.9. The number of aldehydes is 2. The Morgan fingerprint density at radius 3 is 2.21 bits per heavy atom. The van der Waals surface area contributed by atoms with Crippen LogP contribution in [0.3, 0.4) is 0 Å². The van der Waals surface area contributed by atoms with E-state index in [9.17, 15) is 14.4 Å². The molecule has 0 saturated heterocycles. The summed E-state index contributed by atoms with van der Waals surface area (Å²) < 4.78 is 7.16. The summed E-state index contributed by atoms with van der Waals surface area (Å²) in [5.74, 6) is 0.302. The van der Waals surface area contributed by atoms with Crippen LogP contribution in [0.1, 0.15) is 33.6 Å². The number of aromatic nitrogens is 3. The lowest BCUT2D eigenvalue weighted by Crippen LogP contribution is -2.18. The van der Waals surface area contributed by atoms with E-state index in [1.165, 1.54) is 10.6 Å². The second-order valence-corrected chi connectivity index (χ2v) is 9.90. The van der Waals surface area contributed by atoms with Gasteiger partial charge in [0.15, 0.2) is 12.6 Å². The Morgan fingerprint density at radius 2 is 1.51 bits per heavy atom. The van der Waals surface area contributed by atoms with E-state index in [-0.39, 0.29) is 11.7 Å². The topological polar surface area (TPSA) is 90.6 Å². The van der Waals surface area contributed by atoms with Gasteiger partial charge >= 0.3 is 0 Å². The molecule has 7 nitrogen and oxygen atoms in total. The first-order chi connectivity index (χ1) is 19.0. The second-order valence-electron chi connectivity index (χ2n) is 9.14. The van der Waals surface area contributed by atoms with E-state index >= 15 is 0 Å². The molecule has 0 bridgehead atoms. The molecular weight excluding hydrogens is 537 g/mol. The van der Waals surface area contributed by atoms with Crippen molar-refractivity contribution in [2.45, 2.75) is 18.9 Å². The Hall–Kier alpha value is -4.33. The zero-order valence-electron chi connectivity index (χ0n) is 20.3. The van der Waals surface area contributed by atoms with Gasteiger partial charge in [-0.2, -0.15) is 0 Å². The van der Waals surface area contributed by atoms with Crippen LogP contribution in [0, 0.1) is 0 Å². The molecule has 0 spiro atoms. The second kappa shape index (κ2) is 10.1. The summed E-state index contributed by atoms with van der Waals surface area (Å²) in [5, 5.41) is 0.920. The summed E-state index contributed by atoms with van der Waals surface area (Å²) in [6.07, 6.45) is 6.02. The highest BCUT2D eigenvalue weighted by Gasteiger charge is 2.26. The number of halogens is 2. The Bertz CT molecular complexity index is 1850. The molecule has 192 valence electrons. The molecule has 2 aromatic carbocycles. The predicted molar refractivity (Wildman–Crippen MR) is 150 cm³/mol. The van der Waals surface area contributed by atoms with Gasteiger partial charge in [-0.25, -0.2) is 9.97 Å². The van der Waals surface area contributed by atoms with Gasteiger partial charge in [-0.05, 0) is 42.7 Å². The van der Waals surface area contributed by atoms with Gasteiger partial charge in [-0.1, -0.05) is 59.6 Å². The lowest BCUT2D eigenvalue weighted by atomic mass is 9.97. The standard InChI is InChI=1S/C30H19Cl2N3O4/c31-27-21(17-11-12-35-26(13-17)33-14-19(16-37)30(35)38)3-1-4-22(27)23-5-2-6-24(28(23)32)25-10-7-18(15-36)29(34-25)39-20-8-9-20/h1-7,10-16,20H,8-9H2. The number of ether oxygens (including phenoxy) is 1. The van der Waals surface area contributed by atoms with Crippen molar-refractivity contribution in [2.24, 2.45) is 0 Å². The average Bonchev–Trinajstić information content (AvgIpc) is 3.78. The minimum Gasteiger partial charge on any atom is -0.474 e. The molecule has 1 aliphatic rings. The molecule has 1 saturated carbocycles. The molecule has 1 aliphatic carbocycles. The quantitative estimate of drug-likeness (QED) is 0.211. The van der Waals surface area contributed by atoms with E-state index < -0.39 is 5.56 Å². The number of pyridine rings is 2. The van der Waals surface area contributed by atoms with Gasteiger partial charge in [-0.3, -0.25) is 18.8 Å². The van der Waals surface area contributed by atoms with Crippen LogP contribution in [0.15, 0.2) is 77.9 Å². The minimum atomic E-state index is -0.439. The maximum Gasteiger partial charge on any atom is 0.268 e. The molecule has 3 heterocycles. The van der Waals surface area contributed by atoms with Crippen LogP contribution in [-0.2, 0) is 0 Å². The highest BCUT2D eigenvalue weighted by molar-refractivity contribution is 6.39. The van der Waals surface area contributed by atoms with Gasteiger partial charge in [-0.15, -0.1) is 0 Å². The van der Waals surface area contributed by atoms with E-state index in [1.54, 1.807) is 30.5 Å². The van der Waals surface area contributed by atoms with E-state index in [4.69, 9.17) is 27.9 Å². The van der Waals surface area contributed by atoms with Crippen LogP contribution in [0.5, 0.6) is 5.88 Å². The zero-order chi connectivity index (χ0) is 27.1. The summed E-state index contributed by atoms with van der Waals surface area (Å²) >= 11 is 13.9. The fourth-order valence-electron chi connectivity index (χ4n) is 4.37. The lowest BCUT2D eigenvalue weighted by Gasteiger charge is -2.15. The molecule has 0 unspecified atom stereocenters. The first-order valence-corrected chi connectivity index (χ1v) is 12.9. The molecule has 5 aromatic rings. The third-order valence-corrected chi connectivity index (χ3v) is 7.37. The van der Waals surface area contributed by atoms with Crippen molar-refractivity contribution in [3.8, 4) is 39.4 Å². The predicted octanol–water partition coefficient (Wildman–Crippen LogP) is 6.56. The smallest absolute Gasteiger partial charge is 0.268 e. The maximum absolute atomic E-state index is 12.4. The Labute approximate surface area is 232 Å². The van der Waals surface area contributed by atoms with Crippen molar-refractivity contribution in [3.63, 3.8) is 0 Å². The van der Waals surface area contributed by atoms with E-state index in [0.717, 1.165) is 30.3 Å². The summed E-state index contributed by atoms with van der Waals surface area (Å²) in [7, 11) is 0. The van der Waals surface area contributed by atoms with E-state index in [1.807, 2.05) is 36.4 Å². The number of rotatable bonds is 7. The van der Waals surface area contributed by atoms with Crippen molar-refractivity contribution in [3.05, 3.63) is 105 Å². The molecule has 0 aliphatic heterocycles. The summed E-state index contributed by atoms with van der Waals surface area (Å²) in [5.41, 5.74) is 4.46. The van der Waals surface area contributed by atoms with Gasteiger partial charge in [0.25, 0.3) is 5.56 Å². The fourth-order valence-corrected chi connectivity index (χ4v) is 5.03. The third kappa shape index (κ3) is 4.60.